The van der Waals surface area contributed by atoms with E-state index >= 15 is 0 Å². The van der Waals surface area contributed by atoms with E-state index in [-0.39, 0.29) is 12.5 Å². The average molecular weight is 475 g/mol. The average Bonchev–Trinajstić information content (AvgIpc) is 2.72. The highest BCUT2D eigenvalue weighted by molar-refractivity contribution is 9.10. The standard InChI is InChI=1S/C21H17BrClN3O3/c22-14-8-10-16(11-9-14)24-20(27)13-29-19-7-2-1-6-18(19)21(28)26-25-17-5-3-4-15(23)12-17/h1-12,25H,13H2,(H,24,27)(H,26,28). The van der Waals surface area contributed by atoms with Crippen molar-refractivity contribution in [1.82, 2.24) is 5.43 Å². The first-order chi connectivity index (χ1) is 14.0. The second-order valence-electron chi connectivity index (χ2n) is 5.93. The number of ether oxygens (including phenoxy) is 1. The summed E-state index contributed by atoms with van der Waals surface area (Å²) in [5.74, 6) is -0.447. The van der Waals surface area contributed by atoms with E-state index in [1.165, 1.54) is 0 Å². The van der Waals surface area contributed by atoms with E-state index in [1.54, 1.807) is 60.7 Å². The molecule has 6 nitrogen and oxygen atoms in total. The summed E-state index contributed by atoms with van der Waals surface area (Å²) in [4.78, 5) is 24.6. The Kier molecular flexibility index (Phi) is 7.10. The van der Waals surface area contributed by atoms with Crippen LogP contribution in [0.3, 0.4) is 0 Å². The number of carbonyl (C=O) groups is 2. The molecule has 29 heavy (non-hydrogen) atoms. The third-order valence-corrected chi connectivity index (χ3v) is 4.53. The maximum absolute atomic E-state index is 12.5. The number of rotatable bonds is 7. The summed E-state index contributed by atoms with van der Waals surface area (Å²) >= 11 is 9.26. The van der Waals surface area contributed by atoms with Gasteiger partial charge in [-0.05, 0) is 54.6 Å². The Hall–Kier alpha value is -3.03. The lowest BCUT2D eigenvalue weighted by Crippen LogP contribution is -2.30. The summed E-state index contributed by atoms with van der Waals surface area (Å²) in [5, 5.41) is 3.28. The molecule has 0 atom stereocenters. The Morgan fingerprint density at radius 1 is 0.931 bits per heavy atom. The molecular formula is C21H17BrClN3O3. The Bertz CT molecular complexity index is 1010. The van der Waals surface area contributed by atoms with Crippen molar-refractivity contribution in [2.45, 2.75) is 0 Å². The van der Waals surface area contributed by atoms with Gasteiger partial charge in [-0.15, -0.1) is 0 Å². The van der Waals surface area contributed by atoms with E-state index in [0.29, 0.717) is 27.7 Å². The van der Waals surface area contributed by atoms with Gasteiger partial charge in [-0.25, -0.2) is 0 Å². The maximum atomic E-state index is 12.5. The van der Waals surface area contributed by atoms with Crippen molar-refractivity contribution in [1.29, 1.82) is 0 Å². The van der Waals surface area contributed by atoms with E-state index in [0.717, 1.165) is 4.47 Å². The molecule has 148 valence electrons. The Morgan fingerprint density at radius 2 is 1.69 bits per heavy atom. The third-order valence-electron chi connectivity index (χ3n) is 3.76. The molecule has 8 heteroatoms. The van der Waals surface area contributed by atoms with Crippen LogP contribution in [0, 0.1) is 0 Å². The molecule has 3 aromatic rings. The van der Waals surface area contributed by atoms with E-state index in [1.807, 2.05) is 12.1 Å². The molecule has 0 saturated carbocycles. The van der Waals surface area contributed by atoms with Gasteiger partial charge in [0.2, 0.25) is 0 Å². The summed E-state index contributed by atoms with van der Waals surface area (Å²) < 4.78 is 6.47. The lowest BCUT2D eigenvalue weighted by Gasteiger charge is -2.13. The topological polar surface area (TPSA) is 79.5 Å². The van der Waals surface area contributed by atoms with Crippen LogP contribution in [-0.4, -0.2) is 18.4 Å². The van der Waals surface area contributed by atoms with Gasteiger partial charge < -0.3 is 10.1 Å². The molecule has 3 N–H and O–H groups in total. The van der Waals surface area contributed by atoms with Crippen LogP contribution >= 0.6 is 27.5 Å². The monoisotopic (exact) mass is 473 g/mol. The zero-order valence-corrected chi connectivity index (χ0v) is 17.5. The normalized spacial score (nSPS) is 10.1. The molecular weight excluding hydrogens is 458 g/mol. The first-order valence-corrected chi connectivity index (χ1v) is 9.77. The molecule has 0 bridgehead atoms. The van der Waals surface area contributed by atoms with Crippen LogP contribution in [0.1, 0.15) is 10.4 Å². The SMILES string of the molecule is O=C(COc1ccccc1C(=O)NNc1cccc(Cl)c1)Nc1ccc(Br)cc1. The van der Waals surface area contributed by atoms with Crippen molar-refractivity contribution in [2.24, 2.45) is 0 Å². The molecule has 0 saturated heterocycles. The van der Waals surface area contributed by atoms with Crippen LogP contribution in [0.4, 0.5) is 11.4 Å². The minimum absolute atomic E-state index is 0.234. The highest BCUT2D eigenvalue weighted by atomic mass is 79.9. The highest BCUT2D eigenvalue weighted by Gasteiger charge is 2.13. The number of benzene rings is 3. The lowest BCUT2D eigenvalue weighted by atomic mass is 10.2. The lowest BCUT2D eigenvalue weighted by molar-refractivity contribution is -0.118. The van der Waals surface area contributed by atoms with E-state index in [9.17, 15) is 9.59 Å². The fourth-order valence-corrected chi connectivity index (χ4v) is 2.87. The summed E-state index contributed by atoms with van der Waals surface area (Å²) in [7, 11) is 0. The Morgan fingerprint density at radius 3 is 2.45 bits per heavy atom. The van der Waals surface area contributed by atoms with Gasteiger partial charge >= 0.3 is 0 Å². The van der Waals surface area contributed by atoms with Gasteiger partial charge in [-0.1, -0.05) is 45.7 Å². The zero-order chi connectivity index (χ0) is 20.6. The van der Waals surface area contributed by atoms with Gasteiger partial charge in [0.25, 0.3) is 11.8 Å². The summed E-state index contributed by atoms with van der Waals surface area (Å²) in [5.41, 5.74) is 6.95. The molecule has 0 spiro atoms. The number of hydrazine groups is 1. The minimum Gasteiger partial charge on any atom is -0.483 e. The van der Waals surface area contributed by atoms with Crippen LogP contribution in [0.2, 0.25) is 5.02 Å². The molecule has 0 fully saturated rings. The van der Waals surface area contributed by atoms with Crippen molar-refractivity contribution in [2.75, 3.05) is 17.3 Å². The summed E-state index contributed by atoms with van der Waals surface area (Å²) in [6.07, 6.45) is 0. The smallest absolute Gasteiger partial charge is 0.273 e. The molecule has 0 aliphatic heterocycles. The van der Waals surface area contributed by atoms with Gasteiger partial charge in [0.15, 0.2) is 6.61 Å². The van der Waals surface area contributed by atoms with Gasteiger partial charge in [-0.3, -0.25) is 20.4 Å². The van der Waals surface area contributed by atoms with E-state index in [4.69, 9.17) is 16.3 Å². The van der Waals surface area contributed by atoms with E-state index < -0.39 is 5.91 Å². The van der Waals surface area contributed by atoms with Crippen molar-refractivity contribution in [3.05, 3.63) is 87.9 Å². The van der Waals surface area contributed by atoms with E-state index in [2.05, 4.69) is 32.1 Å². The highest BCUT2D eigenvalue weighted by Crippen LogP contribution is 2.19. The zero-order valence-electron chi connectivity index (χ0n) is 15.1. The number of amides is 2. The number of halogens is 2. The molecule has 0 aliphatic rings. The minimum atomic E-state index is -0.408. The van der Waals surface area contributed by atoms with Gasteiger partial charge in [0.05, 0.1) is 11.3 Å². The number of carbonyl (C=O) groups excluding carboxylic acids is 2. The Labute approximate surface area is 181 Å². The van der Waals surface area contributed by atoms with Gasteiger partial charge in [0, 0.05) is 15.2 Å². The molecule has 2 amide bonds. The van der Waals surface area contributed by atoms with Crippen molar-refractivity contribution in [3.63, 3.8) is 0 Å². The Balaban J connectivity index is 1.58. The maximum Gasteiger partial charge on any atom is 0.273 e. The fourth-order valence-electron chi connectivity index (χ4n) is 2.42. The van der Waals surface area contributed by atoms with Crippen molar-refractivity contribution in [3.8, 4) is 5.75 Å². The number of nitrogens with one attached hydrogen (secondary N) is 3. The first kappa shape index (κ1) is 20.7. The first-order valence-electron chi connectivity index (χ1n) is 8.60. The fraction of sp³-hybridized carbons (Fsp3) is 0.0476. The van der Waals surface area contributed by atoms with Crippen LogP contribution in [0.15, 0.2) is 77.3 Å². The predicted molar refractivity (Wildman–Crippen MR) is 117 cm³/mol. The molecule has 3 rings (SSSR count). The van der Waals surface area contributed by atoms with Crippen LogP contribution < -0.4 is 20.9 Å². The largest absolute Gasteiger partial charge is 0.483 e. The van der Waals surface area contributed by atoms with Gasteiger partial charge in [0.1, 0.15) is 5.75 Å². The summed E-state index contributed by atoms with van der Waals surface area (Å²) in [6, 6.07) is 20.8. The molecule has 3 aromatic carbocycles. The van der Waals surface area contributed by atoms with Gasteiger partial charge in [-0.2, -0.15) is 0 Å². The second kappa shape index (κ2) is 9.95. The molecule has 0 aromatic heterocycles. The second-order valence-corrected chi connectivity index (χ2v) is 7.28. The predicted octanol–water partition coefficient (Wildman–Crippen LogP) is 4.88. The number of para-hydroxylation sites is 1. The number of hydrogen-bond donors (Lipinski definition) is 3. The molecule has 0 heterocycles. The number of hydrogen-bond acceptors (Lipinski definition) is 4. The van der Waals surface area contributed by atoms with Crippen molar-refractivity contribution < 1.29 is 14.3 Å². The van der Waals surface area contributed by atoms with Crippen LogP contribution in [0.25, 0.3) is 0 Å². The summed E-state index contributed by atoms with van der Waals surface area (Å²) in [6.45, 7) is -0.234. The molecule has 0 aliphatic carbocycles. The van der Waals surface area contributed by atoms with Crippen molar-refractivity contribution >= 4 is 50.7 Å². The third kappa shape index (κ3) is 6.23. The molecule has 0 unspecified atom stereocenters. The molecule has 0 radical (unpaired) electrons. The van der Waals surface area contributed by atoms with Crippen LogP contribution in [-0.2, 0) is 4.79 Å². The quantitative estimate of drug-likeness (QED) is 0.427. The van der Waals surface area contributed by atoms with Crippen LogP contribution in [0.5, 0.6) is 5.75 Å². The number of anilines is 2.